The van der Waals surface area contributed by atoms with Gasteiger partial charge in [0.2, 0.25) is 5.88 Å². The first-order chi connectivity index (χ1) is 4.97. The van der Waals surface area contributed by atoms with Crippen LogP contribution in [-0.2, 0) is 0 Å². The highest BCUT2D eigenvalue weighted by molar-refractivity contribution is 5.09. The number of rotatable bonds is 1. The third kappa shape index (κ3) is 0.699. The molecular weight excluding hydrogens is 130 g/mol. The Morgan fingerprint density at radius 3 is 3.10 bits per heavy atom. The third-order valence-corrected chi connectivity index (χ3v) is 1.15. The van der Waals surface area contributed by atoms with Crippen molar-refractivity contribution in [1.29, 1.82) is 0 Å². The Balaban J connectivity index is 2.48. The van der Waals surface area contributed by atoms with Gasteiger partial charge in [0.1, 0.15) is 0 Å². The van der Waals surface area contributed by atoms with Crippen LogP contribution in [0.25, 0.3) is 5.88 Å². The Morgan fingerprint density at radius 1 is 1.50 bits per heavy atom. The van der Waals surface area contributed by atoms with Crippen LogP contribution in [0.2, 0.25) is 0 Å². The predicted octanol–water partition coefficient (Wildman–Crippen LogP) is 0.860. The van der Waals surface area contributed by atoms with Gasteiger partial charge in [0.25, 0.3) is 0 Å². The largest absolute Gasteiger partial charge is 0.426 e. The minimum Gasteiger partial charge on any atom is -0.426 e. The van der Waals surface area contributed by atoms with Gasteiger partial charge in [-0.25, -0.2) is 9.67 Å². The Labute approximate surface area is 57.1 Å². The minimum atomic E-state index is 0.630. The van der Waals surface area contributed by atoms with Crippen molar-refractivity contribution in [3.63, 3.8) is 0 Å². The van der Waals surface area contributed by atoms with Gasteiger partial charge in [0.05, 0.1) is 6.20 Å². The molecule has 0 aromatic carbocycles. The molecule has 50 valence electrons. The lowest BCUT2D eigenvalue weighted by Gasteiger charge is -1.89. The van der Waals surface area contributed by atoms with E-state index < -0.39 is 0 Å². The lowest BCUT2D eigenvalue weighted by atomic mass is 10.7. The van der Waals surface area contributed by atoms with Crippen LogP contribution >= 0.6 is 0 Å². The van der Waals surface area contributed by atoms with Crippen molar-refractivity contribution < 1.29 is 4.42 Å². The summed E-state index contributed by atoms with van der Waals surface area (Å²) in [5, 5.41) is 3.94. The molecule has 0 spiro atoms. The molecule has 2 rings (SSSR count). The monoisotopic (exact) mass is 135 g/mol. The summed E-state index contributed by atoms with van der Waals surface area (Å²) in [6.07, 6.45) is 6.45. The fraction of sp³-hybridized carbons (Fsp3) is 0. The zero-order valence-electron chi connectivity index (χ0n) is 5.14. The third-order valence-electron chi connectivity index (χ3n) is 1.15. The lowest BCUT2D eigenvalue weighted by molar-refractivity contribution is 0.516. The first-order valence-electron chi connectivity index (χ1n) is 2.85. The van der Waals surface area contributed by atoms with Crippen LogP contribution < -0.4 is 0 Å². The SMILES string of the molecule is c1cnn(-c2cnco2)c1. The van der Waals surface area contributed by atoms with Gasteiger partial charge in [-0.2, -0.15) is 5.10 Å². The topological polar surface area (TPSA) is 43.9 Å². The molecule has 0 saturated carbocycles. The molecule has 10 heavy (non-hydrogen) atoms. The fourth-order valence-electron chi connectivity index (χ4n) is 0.721. The van der Waals surface area contributed by atoms with Gasteiger partial charge in [-0.1, -0.05) is 0 Å². The average Bonchev–Trinajstić information content (AvgIpc) is 2.59. The summed E-state index contributed by atoms with van der Waals surface area (Å²) in [7, 11) is 0. The van der Waals surface area contributed by atoms with Crippen molar-refractivity contribution >= 4 is 0 Å². The van der Waals surface area contributed by atoms with E-state index in [2.05, 4.69) is 10.1 Å². The van der Waals surface area contributed by atoms with Crippen LogP contribution in [-0.4, -0.2) is 14.8 Å². The summed E-state index contributed by atoms with van der Waals surface area (Å²) in [5.74, 6) is 0.630. The molecule has 0 bridgehead atoms. The number of oxazole rings is 1. The molecular formula is C6H5N3O. The van der Waals surface area contributed by atoms with E-state index in [1.807, 2.05) is 6.07 Å². The normalized spacial score (nSPS) is 10.0. The maximum Gasteiger partial charge on any atom is 0.240 e. The Bertz CT molecular complexity index is 252. The molecule has 4 nitrogen and oxygen atoms in total. The number of nitrogens with zero attached hydrogens (tertiary/aromatic N) is 3. The first kappa shape index (κ1) is 5.22. The van der Waals surface area contributed by atoms with Gasteiger partial charge >= 0.3 is 0 Å². The molecule has 0 aliphatic carbocycles. The van der Waals surface area contributed by atoms with Crippen LogP contribution in [0.5, 0.6) is 0 Å². The highest BCUT2D eigenvalue weighted by Crippen LogP contribution is 2.01. The molecule has 4 heteroatoms. The van der Waals surface area contributed by atoms with Gasteiger partial charge in [0, 0.05) is 12.4 Å². The van der Waals surface area contributed by atoms with Crippen molar-refractivity contribution in [1.82, 2.24) is 14.8 Å². The summed E-state index contributed by atoms with van der Waals surface area (Å²) < 4.78 is 6.57. The van der Waals surface area contributed by atoms with E-state index in [1.54, 1.807) is 23.3 Å². The molecule has 0 aliphatic heterocycles. The maximum absolute atomic E-state index is 4.97. The van der Waals surface area contributed by atoms with Gasteiger partial charge in [-0.05, 0) is 6.07 Å². The van der Waals surface area contributed by atoms with Crippen LogP contribution in [0.4, 0.5) is 0 Å². The van der Waals surface area contributed by atoms with E-state index in [0.29, 0.717) is 5.88 Å². The molecule has 0 aliphatic rings. The van der Waals surface area contributed by atoms with Crippen molar-refractivity contribution in [2.45, 2.75) is 0 Å². The van der Waals surface area contributed by atoms with E-state index >= 15 is 0 Å². The molecule has 0 fully saturated rings. The van der Waals surface area contributed by atoms with Crippen molar-refractivity contribution in [2.24, 2.45) is 0 Å². The highest BCUT2D eigenvalue weighted by atomic mass is 16.4. The predicted molar refractivity (Wildman–Crippen MR) is 33.6 cm³/mol. The molecule has 0 saturated heterocycles. The summed E-state index contributed by atoms with van der Waals surface area (Å²) in [4.78, 5) is 3.75. The maximum atomic E-state index is 4.97. The first-order valence-corrected chi connectivity index (χ1v) is 2.85. The van der Waals surface area contributed by atoms with Crippen molar-refractivity contribution in [3.05, 3.63) is 31.1 Å². The van der Waals surface area contributed by atoms with Crippen molar-refractivity contribution in [3.8, 4) is 5.88 Å². The van der Waals surface area contributed by atoms with Crippen LogP contribution in [0, 0.1) is 0 Å². The Hall–Kier alpha value is -1.58. The summed E-state index contributed by atoms with van der Waals surface area (Å²) in [6, 6.07) is 1.82. The van der Waals surface area contributed by atoms with E-state index in [9.17, 15) is 0 Å². The lowest BCUT2D eigenvalue weighted by Crippen LogP contribution is -1.89. The van der Waals surface area contributed by atoms with Gasteiger partial charge in [0.15, 0.2) is 6.39 Å². The number of aromatic nitrogens is 3. The van der Waals surface area contributed by atoms with Crippen LogP contribution in [0.3, 0.4) is 0 Å². The van der Waals surface area contributed by atoms with Crippen LogP contribution in [0.15, 0.2) is 35.5 Å². The van der Waals surface area contributed by atoms with Gasteiger partial charge < -0.3 is 4.42 Å². The van der Waals surface area contributed by atoms with E-state index in [1.165, 1.54) is 6.39 Å². The molecule has 2 aromatic heterocycles. The second-order valence-corrected chi connectivity index (χ2v) is 1.79. The van der Waals surface area contributed by atoms with Crippen molar-refractivity contribution in [2.75, 3.05) is 0 Å². The second kappa shape index (κ2) is 1.98. The molecule has 0 N–H and O–H groups in total. The zero-order valence-corrected chi connectivity index (χ0v) is 5.14. The van der Waals surface area contributed by atoms with Gasteiger partial charge in [-0.3, -0.25) is 0 Å². The molecule has 0 atom stereocenters. The Kier molecular flexibility index (Phi) is 1.04. The number of hydrogen-bond acceptors (Lipinski definition) is 3. The molecule has 2 heterocycles. The average molecular weight is 135 g/mol. The Morgan fingerprint density at radius 2 is 2.50 bits per heavy atom. The quantitative estimate of drug-likeness (QED) is 0.582. The zero-order chi connectivity index (χ0) is 6.81. The molecule has 0 radical (unpaired) electrons. The smallest absolute Gasteiger partial charge is 0.240 e. The summed E-state index contributed by atoms with van der Waals surface area (Å²) in [5.41, 5.74) is 0. The van der Waals surface area contributed by atoms with E-state index in [-0.39, 0.29) is 0 Å². The summed E-state index contributed by atoms with van der Waals surface area (Å²) >= 11 is 0. The second-order valence-electron chi connectivity index (χ2n) is 1.79. The molecule has 0 unspecified atom stereocenters. The van der Waals surface area contributed by atoms with Gasteiger partial charge in [-0.15, -0.1) is 0 Å². The van der Waals surface area contributed by atoms with E-state index in [0.717, 1.165) is 0 Å². The fourth-order valence-corrected chi connectivity index (χ4v) is 0.721. The summed E-state index contributed by atoms with van der Waals surface area (Å²) in [6.45, 7) is 0. The molecule has 0 amide bonds. The highest BCUT2D eigenvalue weighted by Gasteiger charge is 1.95. The van der Waals surface area contributed by atoms with E-state index in [4.69, 9.17) is 4.42 Å². The van der Waals surface area contributed by atoms with Crippen LogP contribution in [0.1, 0.15) is 0 Å². The minimum absolute atomic E-state index is 0.630. The number of hydrogen-bond donors (Lipinski definition) is 0. The standard InChI is InChI=1S/C6H5N3O/c1-2-8-9(3-1)6-4-7-5-10-6/h1-5H. The molecule has 2 aromatic rings.